The number of ether oxygens (including phenoxy) is 2. The fourth-order valence-electron chi connectivity index (χ4n) is 5.03. The lowest BCUT2D eigenvalue weighted by molar-refractivity contribution is -0.159. The Hall–Kier alpha value is -3.32. The molecule has 7 heteroatoms. The van der Waals surface area contributed by atoms with Crippen molar-refractivity contribution in [3.8, 4) is 5.75 Å². The van der Waals surface area contributed by atoms with Gasteiger partial charge in [-0.25, -0.2) is 0 Å². The Morgan fingerprint density at radius 3 is 2.69 bits per heavy atom. The van der Waals surface area contributed by atoms with E-state index in [4.69, 9.17) is 9.47 Å². The average molecular weight is 434 g/mol. The van der Waals surface area contributed by atoms with Gasteiger partial charge in [0.05, 0.1) is 19.8 Å². The van der Waals surface area contributed by atoms with Gasteiger partial charge < -0.3 is 24.3 Å². The fraction of sp³-hybridized carbons (Fsp3) is 0.360. The number of nitrogens with one attached hydrogen (secondary N) is 1. The van der Waals surface area contributed by atoms with E-state index in [0.717, 1.165) is 33.5 Å². The third-order valence-electron chi connectivity index (χ3n) is 6.42. The van der Waals surface area contributed by atoms with Crippen LogP contribution in [-0.4, -0.2) is 66.1 Å². The van der Waals surface area contributed by atoms with Crippen molar-refractivity contribution in [1.82, 2.24) is 14.8 Å². The van der Waals surface area contributed by atoms with Crippen molar-refractivity contribution in [2.24, 2.45) is 0 Å². The molecule has 0 bridgehead atoms. The number of amides is 2. The van der Waals surface area contributed by atoms with E-state index in [1.807, 2.05) is 49.4 Å². The van der Waals surface area contributed by atoms with Crippen LogP contribution in [0.1, 0.15) is 29.8 Å². The van der Waals surface area contributed by atoms with E-state index in [9.17, 15) is 9.59 Å². The monoisotopic (exact) mass is 433 g/mol. The third kappa shape index (κ3) is 3.24. The van der Waals surface area contributed by atoms with Crippen molar-refractivity contribution >= 4 is 22.7 Å². The lowest BCUT2D eigenvalue weighted by Gasteiger charge is -2.47. The molecule has 0 spiro atoms. The molecule has 1 saturated heterocycles. The topological polar surface area (TPSA) is 74.9 Å². The minimum Gasteiger partial charge on any atom is -0.494 e. The van der Waals surface area contributed by atoms with Crippen LogP contribution >= 0.6 is 0 Å². The zero-order chi connectivity index (χ0) is 22.2. The molecule has 3 heterocycles. The molecule has 0 saturated carbocycles. The first-order valence-corrected chi connectivity index (χ1v) is 11.0. The van der Waals surface area contributed by atoms with Crippen LogP contribution in [0.2, 0.25) is 0 Å². The number of nitrogens with zero attached hydrogens (tertiary/aromatic N) is 2. The highest BCUT2D eigenvalue weighted by atomic mass is 16.5. The van der Waals surface area contributed by atoms with Gasteiger partial charge in [0.15, 0.2) is 0 Å². The molecule has 1 N–H and O–H groups in total. The lowest BCUT2D eigenvalue weighted by atomic mass is 9.86. The van der Waals surface area contributed by atoms with Gasteiger partial charge in [0, 0.05) is 42.2 Å². The molecular formula is C25H27N3O4. The average Bonchev–Trinajstić information content (AvgIpc) is 3.18. The largest absolute Gasteiger partial charge is 0.494 e. The van der Waals surface area contributed by atoms with Crippen molar-refractivity contribution in [2.75, 3.05) is 33.4 Å². The van der Waals surface area contributed by atoms with E-state index >= 15 is 0 Å². The number of methoxy groups -OCH3 is 1. The Morgan fingerprint density at radius 1 is 1.09 bits per heavy atom. The molecule has 0 aliphatic carbocycles. The van der Waals surface area contributed by atoms with E-state index < -0.39 is 12.1 Å². The number of rotatable bonds is 6. The maximum absolute atomic E-state index is 13.5. The lowest BCUT2D eigenvalue weighted by Crippen LogP contribution is -2.63. The molecule has 166 valence electrons. The van der Waals surface area contributed by atoms with Gasteiger partial charge in [-0.05, 0) is 24.6 Å². The van der Waals surface area contributed by atoms with Crippen LogP contribution in [0.5, 0.6) is 5.75 Å². The highest BCUT2D eigenvalue weighted by Crippen LogP contribution is 2.44. The zero-order valence-corrected chi connectivity index (χ0v) is 18.3. The Morgan fingerprint density at radius 2 is 1.88 bits per heavy atom. The number of hydrogen-bond donors (Lipinski definition) is 1. The van der Waals surface area contributed by atoms with Crippen molar-refractivity contribution < 1.29 is 19.1 Å². The first-order chi connectivity index (χ1) is 15.6. The van der Waals surface area contributed by atoms with Crippen LogP contribution in [0.15, 0.2) is 48.5 Å². The Labute approximate surface area is 186 Å². The molecule has 5 rings (SSSR count). The van der Waals surface area contributed by atoms with E-state index in [2.05, 4.69) is 11.1 Å². The molecule has 1 fully saturated rings. The van der Waals surface area contributed by atoms with E-state index in [-0.39, 0.29) is 18.4 Å². The van der Waals surface area contributed by atoms with Crippen molar-refractivity contribution in [2.45, 2.75) is 25.4 Å². The molecule has 2 aliphatic heterocycles. The molecule has 2 aliphatic rings. The Kier molecular flexibility index (Phi) is 5.35. The van der Waals surface area contributed by atoms with Gasteiger partial charge in [-0.2, -0.15) is 0 Å². The summed E-state index contributed by atoms with van der Waals surface area (Å²) in [6.07, 6.45) is 0.487. The van der Waals surface area contributed by atoms with E-state index in [1.165, 1.54) is 0 Å². The summed E-state index contributed by atoms with van der Waals surface area (Å²) in [6.45, 7) is 3.33. The van der Waals surface area contributed by atoms with Crippen LogP contribution in [0.25, 0.3) is 10.9 Å². The van der Waals surface area contributed by atoms with Gasteiger partial charge in [0.2, 0.25) is 11.8 Å². The standard InChI is InChI=1S/C25H27N3O4/c1-3-32-21-11-7-5-9-17(21)24-23-18(16-8-4-6-10-19(16)26-23)14-20-25(30)27(12-13-31-2)15-22(29)28(20)24/h4-11,20,24,26H,3,12-15H2,1-2H3/t20-,24?/m0/s1. The second-order valence-corrected chi connectivity index (χ2v) is 8.21. The summed E-state index contributed by atoms with van der Waals surface area (Å²) in [4.78, 5) is 33.9. The maximum Gasteiger partial charge on any atom is 0.246 e. The summed E-state index contributed by atoms with van der Waals surface area (Å²) in [5.74, 6) is 0.634. The minimum absolute atomic E-state index is 0.0310. The van der Waals surface area contributed by atoms with Crippen molar-refractivity contribution in [3.05, 3.63) is 65.4 Å². The number of carbonyl (C=O) groups excluding carboxylic acids is 2. The number of fused-ring (bicyclic) bond motifs is 4. The van der Waals surface area contributed by atoms with Gasteiger partial charge in [-0.3, -0.25) is 9.59 Å². The summed E-state index contributed by atoms with van der Waals surface area (Å²) in [5, 5.41) is 1.09. The van der Waals surface area contributed by atoms with Gasteiger partial charge >= 0.3 is 0 Å². The maximum atomic E-state index is 13.5. The summed E-state index contributed by atoms with van der Waals surface area (Å²) < 4.78 is 11.1. The number of para-hydroxylation sites is 2. The highest BCUT2D eigenvalue weighted by molar-refractivity contribution is 5.97. The first kappa shape index (κ1) is 20.6. The van der Waals surface area contributed by atoms with Crippen LogP contribution < -0.4 is 4.74 Å². The minimum atomic E-state index is -0.556. The molecule has 1 aromatic heterocycles. The van der Waals surface area contributed by atoms with E-state index in [1.54, 1.807) is 16.9 Å². The van der Waals surface area contributed by atoms with Crippen molar-refractivity contribution in [1.29, 1.82) is 0 Å². The van der Waals surface area contributed by atoms with Gasteiger partial charge in [0.1, 0.15) is 17.8 Å². The predicted octanol–water partition coefficient (Wildman–Crippen LogP) is 2.90. The first-order valence-electron chi connectivity index (χ1n) is 11.0. The van der Waals surface area contributed by atoms with Crippen molar-refractivity contribution in [3.63, 3.8) is 0 Å². The molecule has 2 amide bonds. The number of H-pyrrole nitrogens is 1. The quantitative estimate of drug-likeness (QED) is 0.649. The SMILES string of the molecule is CCOc1ccccc1C1c2[nH]c3ccccc3c2C[C@H]2C(=O)N(CCOC)CC(=O)N12. The van der Waals surface area contributed by atoms with Crippen LogP contribution in [0.4, 0.5) is 0 Å². The zero-order valence-electron chi connectivity index (χ0n) is 18.3. The Bertz CT molecular complexity index is 1170. The van der Waals surface area contributed by atoms with Crippen LogP contribution in [0.3, 0.4) is 0 Å². The Balaban J connectivity index is 1.68. The summed E-state index contributed by atoms with van der Waals surface area (Å²) in [5.41, 5.74) is 3.94. The predicted molar refractivity (Wildman–Crippen MR) is 121 cm³/mol. The fourth-order valence-corrected chi connectivity index (χ4v) is 5.03. The second kappa shape index (κ2) is 8.31. The second-order valence-electron chi connectivity index (χ2n) is 8.21. The van der Waals surface area contributed by atoms with E-state index in [0.29, 0.717) is 26.2 Å². The summed E-state index contributed by atoms with van der Waals surface area (Å²) in [7, 11) is 1.60. The molecule has 7 nitrogen and oxygen atoms in total. The smallest absolute Gasteiger partial charge is 0.246 e. The number of hydrogen-bond acceptors (Lipinski definition) is 4. The number of aromatic amines is 1. The number of carbonyl (C=O) groups is 2. The van der Waals surface area contributed by atoms with Crippen LogP contribution in [0, 0.1) is 0 Å². The number of aromatic nitrogens is 1. The molecule has 2 atom stereocenters. The summed E-state index contributed by atoms with van der Waals surface area (Å²) in [6, 6.07) is 14.9. The number of piperazine rings is 1. The molecule has 1 unspecified atom stereocenters. The third-order valence-corrected chi connectivity index (χ3v) is 6.42. The normalized spacial score (nSPS) is 20.4. The van der Waals surface area contributed by atoms with Gasteiger partial charge in [0.25, 0.3) is 0 Å². The van der Waals surface area contributed by atoms with Crippen LogP contribution in [-0.2, 0) is 20.7 Å². The molecular weight excluding hydrogens is 406 g/mol. The molecule has 3 aromatic rings. The molecule has 32 heavy (non-hydrogen) atoms. The summed E-state index contributed by atoms with van der Waals surface area (Å²) >= 11 is 0. The van der Waals surface area contributed by atoms with Gasteiger partial charge in [-0.15, -0.1) is 0 Å². The number of benzene rings is 2. The molecule has 2 aromatic carbocycles. The molecule has 0 radical (unpaired) electrons. The highest BCUT2D eigenvalue weighted by Gasteiger charge is 2.48. The van der Waals surface area contributed by atoms with Gasteiger partial charge in [-0.1, -0.05) is 36.4 Å².